The second kappa shape index (κ2) is 7.63. The summed E-state index contributed by atoms with van der Waals surface area (Å²) in [6, 6.07) is 5.34. The first kappa shape index (κ1) is 16.8. The number of nitrogens with one attached hydrogen (secondary N) is 2. The van der Waals surface area contributed by atoms with Crippen LogP contribution in [0.25, 0.3) is 5.69 Å². The van der Waals surface area contributed by atoms with Gasteiger partial charge in [0.15, 0.2) is 0 Å². The van der Waals surface area contributed by atoms with Crippen LogP contribution in [-0.2, 0) is 0 Å². The van der Waals surface area contributed by atoms with E-state index in [-0.39, 0.29) is 11.9 Å². The highest BCUT2D eigenvalue weighted by molar-refractivity contribution is 6.35. The largest absolute Gasteiger partial charge is 0.350 e. The highest BCUT2D eigenvalue weighted by Crippen LogP contribution is 2.24. The molecule has 0 spiro atoms. The molecule has 0 radical (unpaired) electrons. The fourth-order valence-corrected chi connectivity index (χ4v) is 2.50. The van der Waals surface area contributed by atoms with Crippen molar-refractivity contribution in [3.05, 3.63) is 46.2 Å². The molecule has 0 aliphatic carbocycles. The Morgan fingerprint density at radius 3 is 2.86 bits per heavy atom. The molecule has 118 valence electrons. The van der Waals surface area contributed by atoms with Gasteiger partial charge in [0.1, 0.15) is 0 Å². The number of hydrogen-bond donors (Lipinski definition) is 2. The molecule has 0 saturated carbocycles. The predicted octanol–water partition coefficient (Wildman–Crippen LogP) is 2.91. The molecular formula is C15H18Cl2N4O. The molecule has 0 unspecified atom stereocenters. The first-order valence-electron chi connectivity index (χ1n) is 7.03. The standard InChI is InChI=1S/C15H18Cl2N4O/c1-3-18-10(2)7-19-15(22)11-8-20-21(9-11)14-5-4-12(16)6-13(14)17/h4-6,8-10,18H,3,7H2,1-2H3,(H,19,22)/t10-/m1/s1. The smallest absolute Gasteiger partial charge is 0.254 e. The van der Waals surface area contributed by atoms with Crippen molar-refractivity contribution in [3.63, 3.8) is 0 Å². The fourth-order valence-electron chi connectivity index (χ4n) is 2.01. The summed E-state index contributed by atoms with van der Waals surface area (Å²) in [5, 5.41) is 11.3. The number of carbonyl (C=O) groups excluding carboxylic acids is 1. The van der Waals surface area contributed by atoms with E-state index in [2.05, 4.69) is 15.7 Å². The van der Waals surface area contributed by atoms with Crippen LogP contribution in [0, 0.1) is 0 Å². The summed E-state index contributed by atoms with van der Waals surface area (Å²) in [7, 11) is 0. The molecule has 1 aromatic heterocycles. The molecule has 0 bridgehead atoms. The van der Waals surface area contributed by atoms with Crippen molar-refractivity contribution in [3.8, 4) is 5.69 Å². The minimum Gasteiger partial charge on any atom is -0.350 e. The molecule has 22 heavy (non-hydrogen) atoms. The lowest BCUT2D eigenvalue weighted by atomic mass is 10.3. The van der Waals surface area contributed by atoms with E-state index in [0.717, 1.165) is 6.54 Å². The summed E-state index contributed by atoms with van der Waals surface area (Å²) in [4.78, 5) is 12.1. The SMILES string of the molecule is CCN[C@H](C)CNC(=O)c1cnn(-c2ccc(Cl)cc2Cl)c1. The van der Waals surface area contributed by atoms with Gasteiger partial charge in [0.2, 0.25) is 0 Å². The van der Waals surface area contributed by atoms with E-state index in [1.54, 1.807) is 29.1 Å². The number of carbonyl (C=O) groups is 1. The summed E-state index contributed by atoms with van der Waals surface area (Å²) in [5.74, 6) is -0.166. The highest BCUT2D eigenvalue weighted by atomic mass is 35.5. The van der Waals surface area contributed by atoms with Gasteiger partial charge < -0.3 is 10.6 Å². The zero-order valence-corrected chi connectivity index (χ0v) is 13.9. The van der Waals surface area contributed by atoms with E-state index in [4.69, 9.17) is 23.2 Å². The van der Waals surface area contributed by atoms with Gasteiger partial charge in [0.05, 0.1) is 22.5 Å². The van der Waals surface area contributed by atoms with Crippen molar-refractivity contribution in [1.82, 2.24) is 20.4 Å². The van der Waals surface area contributed by atoms with Gasteiger partial charge in [-0.15, -0.1) is 0 Å². The first-order valence-corrected chi connectivity index (χ1v) is 7.78. The van der Waals surface area contributed by atoms with Crippen molar-refractivity contribution < 1.29 is 4.79 Å². The lowest BCUT2D eigenvalue weighted by molar-refractivity contribution is 0.0950. The number of rotatable bonds is 6. The summed E-state index contributed by atoms with van der Waals surface area (Å²) in [6.45, 7) is 5.46. The second-order valence-corrected chi connectivity index (χ2v) is 5.78. The fraction of sp³-hybridized carbons (Fsp3) is 0.333. The lowest BCUT2D eigenvalue weighted by Crippen LogP contribution is -2.38. The van der Waals surface area contributed by atoms with Gasteiger partial charge in [-0.2, -0.15) is 5.10 Å². The van der Waals surface area contributed by atoms with Gasteiger partial charge in [-0.05, 0) is 31.7 Å². The molecule has 0 aliphatic heterocycles. The van der Waals surface area contributed by atoms with E-state index in [9.17, 15) is 4.79 Å². The third kappa shape index (κ3) is 4.22. The predicted molar refractivity (Wildman–Crippen MR) is 89.1 cm³/mol. The van der Waals surface area contributed by atoms with Crippen LogP contribution in [0.5, 0.6) is 0 Å². The van der Waals surface area contributed by atoms with Gasteiger partial charge in [-0.1, -0.05) is 30.1 Å². The zero-order chi connectivity index (χ0) is 16.1. The van der Waals surface area contributed by atoms with Crippen LogP contribution < -0.4 is 10.6 Å². The van der Waals surface area contributed by atoms with Crippen LogP contribution in [0.15, 0.2) is 30.6 Å². The Morgan fingerprint density at radius 2 is 2.18 bits per heavy atom. The third-order valence-corrected chi connectivity index (χ3v) is 3.66. The Labute approximate surface area is 139 Å². The van der Waals surface area contributed by atoms with E-state index in [1.807, 2.05) is 13.8 Å². The number of aromatic nitrogens is 2. The van der Waals surface area contributed by atoms with Crippen molar-refractivity contribution >= 4 is 29.1 Å². The van der Waals surface area contributed by atoms with Crippen molar-refractivity contribution in [2.75, 3.05) is 13.1 Å². The van der Waals surface area contributed by atoms with Crippen LogP contribution in [-0.4, -0.2) is 34.8 Å². The summed E-state index contributed by atoms with van der Waals surface area (Å²) in [5.41, 5.74) is 1.15. The average Bonchev–Trinajstić information content (AvgIpc) is 2.94. The number of amides is 1. The Morgan fingerprint density at radius 1 is 1.41 bits per heavy atom. The minimum absolute atomic E-state index is 0.166. The average molecular weight is 341 g/mol. The topological polar surface area (TPSA) is 58.9 Å². The Kier molecular flexibility index (Phi) is 5.83. The normalized spacial score (nSPS) is 12.2. The van der Waals surface area contributed by atoms with Crippen molar-refractivity contribution in [2.45, 2.75) is 19.9 Å². The molecule has 0 fully saturated rings. The number of hydrogen-bond acceptors (Lipinski definition) is 3. The minimum atomic E-state index is -0.166. The van der Waals surface area contributed by atoms with Gasteiger partial charge in [0, 0.05) is 23.8 Å². The molecule has 7 heteroatoms. The van der Waals surface area contributed by atoms with E-state index < -0.39 is 0 Å². The Bertz CT molecular complexity index is 657. The zero-order valence-electron chi connectivity index (χ0n) is 12.4. The molecule has 1 heterocycles. The molecule has 0 saturated heterocycles. The third-order valence-electron chi connectivity index (χ3n) is 3.12. The van der Waals surface area contributed by atoms with E-state index >= 15 is 0 Å². The van der Waals surface area contributed by atoms with Gasteiger partial charge in [-0.25, -0.2) is 4.68 Å². The number of halogens is 2. The molecule has 1 amide bonds. The maximum absolute atomic E-state index is 12.1. The molecule has 2 aromatic rings. The van der Waals surface area contributed by atoms with E-state index in [0.29, 0.717) is 27.8 Å². The van der Waals surface area contributed by atoms with Crippen LogP contribution in [0.2, 0.25) is 10.0 Å². The molecular weight excluding hydrogens is 323 g/mol. The quantitative estimate of drug-likeness (QED) is 0.849. The molecule has 1 atom stereocenters. The number of nitrogens with zero attached hydrogens (tertiary/aromatic N) is 2. The van der Waals surface area contributed by atoms with E-state index in [1.165, 1.54) is 6.20 Å². The van der Waals surface area contributed by atoms with Gasteiger partial charge in [0.25, 0.3) is 5.91 Å². The van der Waals surface area contributed by atoms with Crippen molar-refractivity contribution in [2.24, 2.45) is 0 Å². The Hall–Kier alpha value is -1.56. The summed E-state index contributed by atoms with van der Waals surface area (Å²) < 4.78 is 1.56. The summed E-state index contributed by atoms with van der Waals surface area (Å²) >= 11 is 12.0. The molecule has 2 N–H and O–H groups in total. The number of likely N-dealkylation sites (N-methyl/N-ethyl adjacent to an activating group) is 1. The van der Waals surface area contributed by atoms with Crippen LogP contribution in [0.1, 0.15) is 24.2 Å². The molecule has 0 aliphatic rings. The molecule has 1 aromatic carbocycles. The Balaban J connectivity index is 2.06. The summed E-state index contributed by atoms with van der Waals surface area (Å²) in [6.07, 6.45) is 3.15. The van der Waals surface area contributed by atoms with Crippen LogP contribution in [0.3, 0.4) is 0 Å². The highest BCUT2D eigenvalue weighted by Gasteiger charge is 2.12. The van der Waals surface area contributed by atoms with Gasteiger partial charge >= 0.3 is 0 Å². The molecule has 5 nitrogen and oxygen atoms in total. The first-order chi connectivity index (χ1) is 10.5. The van der Waals surface area contributed by atoms with Gasteiger partial charge in [-0.3, -0.25) is 4.79 Å². The van der Waals surface area contributed by atoms with Crippen LogP contribution >= 0.6 is 23.2 Å². The monoisotopic (exact) mass is 340 g/mol. The van der Waals surface area contributed by atoms with Crippen molar-refractivity contribution in [1.29, 1.82) is 0 Å². The maximum atomic E-state index is 12.1. The number of benzene rings is 1. The maximum Gasteiger partial charge on any atom is 0.254 e. The van der Waals surface area contributed by atoms with Crippen LogP contribution in [0.4, 0.5) is 0 Å². The lowest BCUT2D eigenvalue weighted by Gasteiger charge is -2.12. The second-order valence-electron chi connectivity index (χ2n) is 4.94. The molecule has 2 rings (SSSR count).